The molecule has 166 valence electrons. The van der Waals surface area contributed by atoms with E-state index in [-0.39, 0.29) is 11.9 Å². The zero-order chi connectivity index (χ0) is 21.7. The van der Waals surface area contributed by atoms with Crippen molar-refractivity contribution in [1.29, 1.82) is 0 Å². The van der Waals surface area contributed by atoms with E-state index in [4.69, 9.17) is 25.5 Å². The quantitative estimate of drug-likeness (QED) is 0.565. The van der Waals surface area contributed by atoms with Crippen molar-refractivity contribution in [2.75, 3.05) is 26.3 Å². The van der Waals surface area contributed by atoms with Gasteiger partial charge in [0.15, 0.2) is 16.7 Å². The van der Waals surface area contributed by atoms with Crippen LogP contribution >= 0.6 is 23.4 Å². The second-order valence-electron chi connectivity index (χ2n) is 8.09. The van der Waals surface area contributed by atoms with Gasteiger partial charge in [0, 0.05) is 31.0 Å². The van der Waals surface area contributed by atoms with Crippen molar-refractivity contribution in [2.24, 2.45) is 0 Å². The Hall–Kier alpha value is -2.17. The minimum Gasteiger partial charge on any atom is -0.461 e. The number of carbonyl (C=O) groups excluding carboxylic acids is 1. The molecule has 10 heteroatoms. The summed E-state index contributed by atoms with van der Waals surface area (Å²) in [6.45, 7) is 2.76. The molecule has 2 atom stereocenters. The van der Waals surface area contributed by atoms with Crippen LogP contribution in [0.2, 0.25) is 5.02 Å². The van der Waals surface area contributed by atoms with Crippen LogP contribution in [0.5, 0.6) is 0 Å². The molecule has 0 bridgehead atoms. The van der Waals surface area contributed by atoms with Gasteiger partial charge < -0.3 is 13.9 Å². The van der Waals surface area contributed by atoms with E-state index >= 15 is 0 Å². The van der Waals surface area contributed by atoms with Crippen LogP contribution in [0.15, 0.2) is 52.2 Å². The second kappa shape index (κ2) is 8.00. The van der Waals surface area contributed by atoms with Gasteiger partial charge in [0.2, 0.25) is 5.82 Å². The molecule has 0 N–H and O–H groups in total. The number of aromatic nitrogens is 3. The number of furan rings is 1. The lowest BCUT2D eigenvalue weighted by Crippen LogP contribution is -2.49. The number of hydrogen-bond acceptors (Lipinski definition) is 8. The van der Waals surface area contributed by atoms with Crippen molar-refractivity contribution >= 4 is 29.3 Å². The van der Waals surface area contributed by atoms with E-state index < -0.39 is 11.0 Å². The Labute approximate surface area is 193 Å². The molecule has 3 aromatic rings. The van der Waals surface area contributed by atoms with Gasteiger partial charge in [0.25, 0.3) is 5.91 Å². The summed E-state index contributed by atoms with van der Waals surface area (Å²) in [7, 11) is 0. The normalized spacial score (nSPS) is 23.7. The number of ether oxygens (including phenoxy) is 2. The summed E-state index contributed by atoms with van der Waals surface area (Å²) in [5.41, 5.74) is 0.932. The fourth-order valence-electron chi connectivity index (χ4n) is 4.71. The first kappa shape index (κ1) is 20.4. The van der Waals surface area contributed by atoms with E-state index in [1.807, 2.05) is 24.3 Å². The van der Waals surface area contributed by atoms with Crippen molar-refractivity contribution in [1.82, 2.24) is 19.7 Å². The number of piperidine rings is 1. The molecule has 2 saturated heterocycles. The van der Waals surface area contributed by atoms with Crippen LogP contribution in [0.1, 0.15) is 29.2 Å². The standard InChI is InChI=1S/C22H21ClN4O4S/c23-15-5-2-1-4-14(15)17(26-9-7-22(8-10-26)30-12-13-31-22)18-20(28)27-21(32-18)24-19(25-27)16-6-3-11-29-16/h1-6,11,17-18H,7-10,12-13H2. The smallest absolute Gasteiger partial charge is 0.264 e. The second-order valence-corrected chi connectivity index (χ2v) is 9.61. The average molecular weight is 473 g/mol. The van der Waals surface area contributed by atoms with Gasteiger partial charge in [0.05, 0.1) is 25.5 Å². The maximum atomic E-state index is 13.5. The number of likely N-dealkylation sites (tertiary alicyclic amines) is 1. The van der Waals surface area contributed by atoms with Crippen LogP contribution in [0.3, 0.4) is 0 Å². The summed E-state index contributed by atoms with van der Waals surface area (Å²) in [6.07, 6.45) is 3.07. The van der Waals surface area contributed by atoms with Gasteiger partial charge in [-0.05, 0) is 23.8 Å². The first-order chi connectivity index (χ1) is 15.6. The molecule has 1 aromatic carbocycles. The molecule has 6 rings (SSSR count). The molecule has 1 spiro atoms. The van der Waals surface area contributed by atoms with Crippen LogP contribution in [0, 0.1) is 0 Å². The first-order valence-electron chi connectivity index (χ1n) is 10.6. The van der Waals surface area contributed by atoms with Crippen molar-refractivity contribution in [2.45, 2.75) is 35.1 Å². The van der Waals surface area contributed by atoms with Gasteiger partial charge in [0.1, 0.15) is 5.25 Å². The fourth-order valence-corrected chi connectivity index (χ4v) is 6.20. The number of fused-ring (bicyclic) bond motifs is 1. The van der Waals surface area contributed by atoms with Crippen molar-refractivity contribution < 1.29 is 18.7 Å². The Kier molecular flexibility index (Phi) is 5.11. The summed E-state index contributed by atoms with van der Waals surface area (Å²) in [4.78, 5) is 20.3. The highest BCUT2D eigenvalue weighted by Gasteiger charge is 2.47. The molecule has 3 aliphatic heterocycles. The molecular weight excluding hydrogens is 452 g/mol. The summed E-state index contributed by atoms with van der Waals surface area (Å²) >= 11 is 8.04. The highest BCUT2D eigenvalue weighted by molar-refractivity contribution is 8.00. The van der Waals surface area contributed by atoms with Crippen LogP contribution in [-0.4, -0.2) is 62.9 Å². The third kappa shape index (κ3) is 3.39. The van der Waals surface area contributed by atoms with E-state index in [9.17, 15) is 4.79 Å². The summed E-state index contributed by atoms with van der Waals surface area (Å²) < 4.78 is 18.6. The van der Waals surface area contributed by atoms with E-state index in [0.29, 0.717) is 35.0 Å². The summed E-state index contributed by atoms with van der Waals surface area (Å²) in [6, 6.07) is 11.1. The first-order valence-corrected chi connectivity index (χ1v) is 11.9. The molecule has 8 nitrogen and oxygen atoms in total. The molecule has 2 fully saturated rings. The molecule has 3 aliphatic rings. The topological polar surface area (TPSA) is 82.6 Å². The van der Waals surface area contributed by atoms with Crippen LogP contribution in [0.25, 0.3) is 11.6 Å². The third-order valence-electron chi connectivity index (χ3n) is 6.28. The molecule has 32 heavy (non-hydrogen) atoms. The van der Waals surface area contributed by atoms with Gasteiger partial charge in [-0.2, -0.15) is 9.67 Å². The highest BCUT2D eigenvalue weighted by atomic mass is 35.5. The number of benzene rings is 1. The van der Waals surface area contributed by atoms with Crippen LogP contribution in [0.4, 0.5) is 0 Å². The number of rotatable bonds is 4. The Morgan fingerprint density at radius 3 is 2.59 bits per heavy atom. The fraction of sp³-hybridized carbons (Fsp3) is 0.409. The Balaban J connectivity index is 1.31. The monoisotopic (exact) mass is 472 g/mol. The van der Waals surface area contributed by atoms with E-state index in [0.717, 1.165) is 31.5 Å². The number of carbonyl (C=O) groups is 1. The summed E-state index contributed by atoms with van der Waals surface area (Å²) in [5, 5.41) is 5.22. The molecule has 0 aliphatic carbocycles. The van der Waals surface area contributed by atoms with Gasteiger partial charge in [-0.25, -0.2) is 0 Å². The Morgan fingerprint density at radius 1 is 1.12 bits per heavy atom. The average Bonchev–Trinajstić information content (AvgIpc) is 3.59. The largest absolute Gasteiger partial charge is 0.461 e. The Bertz CT molecular complexity index is 1130. The Morgan fingerprint density at radius 2 is 1.91 bits per heavy atom. The molecular formula is C22H21ClN4O4S. The van der Waals surface area contributed by atoms with Crippen molar-refractivity contribution in [3.8, 4) is 11.6 Å². The molecule has 0 saturated carbocycles. The molecule has 2 aromatic heterocycles. The van der Waals surface area contributed by atoms with E-state index in [1.165, 1.54) is 16.4 Å². The minimum absolute atomic E-state index is 0.103. The van der Waals surface area contributed by atoms with Gasteiger partial charge in [-0.3, -0.25) is 9.69 Å². The zero-order valence-corrected chi connectivity index (χ0v) is 18.7. The number of halogens is 1. The number of thioether (sulfide) groups is 1. The SMILES string of the molecule is O=C1C(C(c2ccccc2Cl)N2CCC3(CC2)OCCO3)Sc2nc(-c3ccco3)nn21. The molecule has 0 amide bonds. The lowest BCUT2D eigenvalue weighted by atomic mass is 9.95. The lowest BCUT2D eigenvalue weighted by Gasteiger charge is -2.42. The molecule has 2 unspecified atom stereocenters. The maximum absolute atomic E-state index is 13.5. The third-order valence-corrected chi connectivity index (χ3v) is 7.81. The van der Waals surface area contributed by atoms with Crippen molar-refractivity contribution in [3.63, 3.8) is 0 Å². The van der Waals surface area contributed by atoms with E-state index in [1.54, 1.807) is 18.4 Å². The summed E-state index contributed by atoms with van der Waals surface area (Å²) in [5.74, 6) is 0.362. The number of nitrogens with zero attached hydrogens (tertiary/aromatic N) is 4. The molecule has 0 radical (unpaired) electrons. The van der Waals surface area contributed by atoms with Crippen LogP contribution in [-0.2, 0) is 9.47 Å². The number of hydrogen-bond donors (Lipinski definition) is 0. The predicted molar refractivity (Wildman–Crippen MR) is 118 cm³/mol. The van der Waals surface area contributed by atoms with Gasteiger partial charge in [-0.1, -0.05) is 41.6 Å². The maximum Gasteiger partial charge on any atom is 0.264 e. The lowest BCUT2D eigenvalue weighted by molar-refractivity contribution is -0.187. The zero-order valence-electron chi connectivity index (χ0n) is 17.1. The predicted octanol–water partition coefficient (Wildman–Crippen LogP) is 3.89. The van der Waals surface area contributed by atoms with Crippen molar-refractivity contribution in [3.05, 3.63) is 53.2 Å². The molecule has 5 heterocycles. The van der Waals surface area contributed by atoms with E-state index in [2.05, 4.69) is 15.0 Å². The highest BCUT2D eigenvalue weighted by Crippen LogP contribution is 2.45. The van der Waals surface area contributed by atoms with Crippen LogP contribution < -0.4 is 0 Å². The minimum atomic E-state index is -0.485. The van der Waals surface area contributed by atoms with Gasteiger partial charge >= 0.3 is 0 Å². The van der Waals surface area contributed by atoms with Gasteiger partial charge in [-0.15, -0.1) is 5.10 Å².